The number of nitrogens with two attached hydrogens (primary N) is 1. The van der Waals surface area contributed by atoms with E-state index < -0.39 is 0 Å². The van der Waals surface area contributed by atoms with E-state index in [4.69, 9.17) is 5.73 Å². The van der Waals surface area contributed by atoms with Gasteiger partial charge < -0.3 is 5.73 Å². The lowest BCUT2D eigenvalue weighted by molar-refractivity contribution is 0.623. The fourth-order valence-electron chi connectivity index (χ4n) is 2.29. The van der Waals surface area contributed by atoms with Crippen molar-refractivity contribution in [3.05, 3.63) is 34.9 Å². The molecule has 2 heterocycles. The molecule has 19 heavy (non-hydrogen) atoms. The maximum absolute atomic E-state index is 6.06. The molecular weight excluding hydrogens is 238 g/mol. The van der Waals surface area contributed by atoms with Crippen molar-refractivity contribution in [1.29, 1.82) is 0 Å². The molecule has 0 aromatic carbocycles. The topological polar surface area (TPSA) is 61.7 Å². The van der Waals surface area contributed by atoms with E-state index in [1.165, 1.54) is 11.3 Å². The first kappa shape index (κ1) is 13.8. The summed E-state index contributed by atoms with van der Waals surface area (Å²) >= 11 is 0. The molecule has 5 heteroatoms. The molecule has 2 N–H and O–H groups in total. The normalized spacial score (nSPS) is 12.9. The summed E-state index contributed by atoms with van der Waals surface area (Å²) in [4.78, 5) is 0. The van der Waals surface area contributed by atoms with Crippen LogP contribution in [0.1, 0.15) is 36.0 Å². The van der Waals surface area contributed by atoms with Gasteiger partial charge in [0.15, 0.2) is 0 Å². The number of aromatic nitrogens is 4. The van der Waals surface area contributed by atoms with E-state index in [0.717, 1.165) is 30.8 Å². The van der Waals surface area contributed by atoms with Gasteiger partial charge >= 0.3 is 0 Å². The highest BCUT2D eigenvalue weighted by Gasteiger charge is 2.14. The Morgan fingerprint density at radius 3 is 2.63 bits per heavy atom. The molecule has 1 unspecified atom stereocenters. The second kappa shape index (κ2) is 5.57. The Labute approximate surface area is 114 Å². The molecule has 0 saturated carbocycles. The van der Waals surface area contributed by atoms with Gasteiger partial charge in [-0.3, -0.25) is 9.36 Å². The molecule has 2 aromatic rings. The van der Waals surface area contributed by atoms with Crippen molar-refractivity contribution >= 4 is 0 Å². The Kier molecular flexibility index (Phi) is 4.04. The summed E-state index contributed by atoms with van der Waals surface area (Å²) in [5, 5.41) is 9.01. The molecular formula is C14H23N5. The highest BCUT2D eigenvalue weighted by Crippen LogP contribution is 2.16. The summed E-state index contributed by atoms with van der Waals surface area (Å²) in [6.45, 7) is 7.00. The molecule has 0 bridgehead atoms. The summed E-state index contributed by atoms with van der Waals surface area (Å²) < 4.78 is 3.84. The minimum Gasteiger partial charge on any atom is -0.327 e. The third-order valence-electron chi connectivity index (χ3n) is 3.60. The predicted octanol–water partition coefficient (Wildman–Crippen LogP) is 1.56. The Morgan fingerprint density at radius 1 is 1.32 bits per heavy atom. The molecule has 0 spiro atoms. The molecule has 0 fully saturated rings. The first-order valence-electron chi connectivity index (χ1n) is 6.78. The zero-order chi connectivity index (χ0) is 14.0. The number of nitrogens with zero attached hydrogens (tertiary/aromatic N) is 4. The van der Waals surface area contributed by atoms with Crippen molar-refractivity contribution in [3.8, 4) is 0 Å². The van der Waals surface area contributed by atoms with Crippen molar-refractivity contribution < 1.29 is 0 Å². The number of aryl methyl sites for hydroxylation is 2. The second-order valence-corrected chi connectivity index (χ2v) is 5.16. The van der Waals surface area contributed by atoms with Gasteiger partial charge in [0.1, 0.15) is 0 Å². The third kappa shape index (κ3) is 3.04. The van der Waals surface area contributed by atoms with Crippen LogP contribution in [0.2, 0.25) is 0 Å². The number of hydrogen-bond acceptors (Lipinski definition) is 3. The molecule has 2 rings (SSSR count). The van der Waals surface area contributed by atoms with Crippen LogP contribution in [0.3, 0.4) is 0 Å². The van der Waals surface area contributed by atoms with Crippen molar-refractivity contribution in [3.63, 3.8) is 0 Å². The lowest BCUT2D eigenvalue weighted by Crippen LogP contribution is -2.22. The molecule has 104 valence electrons. The SMILES string of the molecule is CCC(N)Cc1c(C)nn(Cc2ccn(C)n2)c1C. The summed E-state index contributed by atoms with van der Waals surface area (Å²) in [5.41, 5.74) is 10.6. The molecule has 0 radical (unpaired) electrons. The Bertz CT molecular complexity index is 552. The van der Waals surface area contributed by atoms with Crippen LogP contribution in [-0.2, 0) is 20.0 Å². The van der Waals surface area contributed by atoms with E-state index in [1.54, 1.807) is 0 Å². The van der Waals surface area contributed by atoms with Crippen LogP contribution in [0.5, 0.6) is 0 Å². The Morgan fingerprint density at radius 2 is 2.05 bits per heavy atom. The average molecular weight is 261 g/mol. The minimum atomic E-state index is 0.213. The maximum atomic E-state index is 6.06. The molecule has 5 nitrogen and oxygen atoms in total. The lowest BCUT2D eigenvalue weighted by atomic mass is 10.0. The van der Waals surface area contributed by atoms with Crippen LogP contribution in [0.25, 0.3) is 0 Å². The number of hydrogen-bond donors (Lipinski definition) is 1. The van der Waals surface area contributed by atoms with Crippen molar-refractivity contribution in [2.45, 2.75) is 46.2 Å². The molecule has 0 amide bonds. The van der Waals surface area contributed by atoms with Crippen LogP contribution in [0, 0.1) is 13.8 Å². The minimum absolute atomic E-state index is 0.213. The predicted molar refractivity (Wildman–Crippen MR) is 76.0 cm³/mol. The smallest absolute Gasteiger partial charge is 0.0853 e. The fourth-order valence-corrected chi connectivity index (χ4v) is 2.29. The fraction of sp³-hybridized carbons (Fsp3) is 0.571. The van der Waals surface area contributed by atoms with Crippen LogP contribution >= 0.6 is 0 Å². The van der Waals surface area contributed by atoms with Gasteiger partial charge in [-0.15, -0.1) is 0 Å². The zero-order valence-corrected chi connectivity index (χ0v) is 12.2. The first-order valence-corrected chi connectivity index (χ1v) is 6.78. The first-order chi connectivity index (χ1) is 9.01. The summed E-state index contributed by atoms with van der Waals surface area (Å²) in [5.74, 6) is 0. The standard InChI is InChI=1S/C14H23N5/c1-5-12(15)8-14-10(2)16-19(11(14)3)9-13-6-7-18(4)17-13/h6-7,12H,5,8-9,15H2,1-4H3. The third-order valence-corrected chi connectivity index (χ3v) is 3.60. The lowest BCUT2D eigenvalue weighted by Gasteiger charge is -2.09. The highest BCUT2D eigenvalue weighted by molar-refractivity contribution is 5.26. The van der Waals surface area contributed by atoms with Gasteiger partial charge in [-0.1, -0.05) is 6.92 Å². The van der Waals surface area contributed by atoms with E-state index in [2.05, 4.69) is 31.0 Å². The monoisotopic (exact) mass is 261 g/mol. The van der Waals surface area contributed by atoms with Gasteiger partial charge in [0.25, 0.3) is 0 Å². The van der Waals surface area contributed by atoms with E-state index >= 15 is 0 Å². The van der Waals surface area contributed by atoms with E-state index in [1.807, 2.05) is 28.7 Å². The van der Waals surface area contributed by atoms with Crippen LogP contribution < -0.4 is 5.73 Å². The Hall–Kier alpha value is -1.62. The average Bonchev–Trinajstić information content (AvgIpc) is 2.88. The van der Waals surface area contributed by atoms with Crippen LogP contribution in [-0.4, -0.2) is 25.6 Å². The van der Waals surface area contributed by atoms with Gasteiger partial charge in [-0.25, -0.2) is 0 Å². The van der Waals surface area contributed by atoms with E-state index in [0.29, 0.717) is 0 Å². The van der Waals surface area contributed by atoms with E-state index in [9.17, 15) is 0 Å². The summed E-state index contributed by atoms with van der Waals surface area (Å²) in [6, 6.07) is 2.23. The van der Waals surface area contributed by atoms with Crippen molar-refractivity contribution in [2.24, 2.45) is 12.8 Å². The van der Waals surface area contributed by atoms with Crippen LogP contribution in [0.15, 0.2) is 12.3 Å². The van der Waals surface area contributed by atoms with Crippen molar-refractivity contribution in [2.75, 3.05) is 0 Å². The quantitative estimate of drug-likeness (QED) is 0.888. The van der Waals surface area contributed by atoms with Gasteiger partial charge in [0, 0.05) is 25.0 Å². The van der Waals surface area contributed by atoms with Gasteiger partial charge in [0.05, 0.1) is 17.9 Å². The highest BCUT2D eigenvalue weighted by atomic mass is 15.3. The molecule has 0 aliphatic carbocycles. The maximum Gasteiger partial charge on any atom is 0.0853 e. The second-order valence-electron chi connectivity index (χ2n) is 5.16. The molecule has 2 aromatic heterocycles. The zero-order valence-electron chi connectivity index (χ0n) is 12.2. The van der Waals surface area contributed by atoms with Crippen molar-refractivity contribution in [1.82, 2.24) is 19.6 Å². The van der Waals surface area contributed by atoms with Crippen LogP contribution in [0.4, 0.5) is 0 Å². The molecule has 1 atom stereocenters. The molecule has 0 aliphatic heterocycles. The summed E-state index contributed by atoms with van der Waals surface area (Å²) in [7, 11) is 1.93. The van der Waals surface area contributed by atoms with Gasteiger partial charge in [0.2, 0.25) is 0 Å². The largest absolute Gasteiger partial charge is 0.327 e. The molecule has 0 saturated heterocycles. The number of rotatable bonds is 5. The van der Waals surface area contributed by atoms with Gasteiger partial charge in [-0.2, -0.15) is 10.2 Å². The Balaban J connectivity index is 2.20. The summed E-state index contributed by atoms with van der Waals surface area (Å²) in [6.07, 6.45) is 3.84. The molecule has 0 aliphatic rings. The van der Waals surface area contributed by atoms with Gasteiger partial charge in [-0.05, 0) is 38.3 Å². The van der Waals surface area contributed by atoms with E-state index in [-0.39, 0.29) is 6.04 Å².